The molecule has 0 radical (unpaired) electrons. The molecule has 2 aromatic rings. The number of nitrogens with one attached hydrogen (secondary N) is 1. The summed E-state index contributed by atoms with van der Waals surface area (Å²) in [6.45, 7) is 0. The van der Waals surface area contributed by atoms with Crippen LogP contribution in [0.25, 0.3) is 11.1 Å². The summed E-state index contributed by atoms with van der Waals surface area (Å²) in [6, 6.07) is 13.7. The van der Waals surface area contributed by atoms with Gasteiger partial charge in [-0.2, -0.15) is 13.7 Å². The molecule has 1 aliphatic heterocycles. The monoisotopic (exact) mass is 476 g/mol. The van der Waals surface area contributed by atoms with Gasteiger partial charge in [0.25, 0.3) is 16.0 Å². The van der Waals surface area contributed by atoms with Crippen molar-refractivity contribution in [1.82, 2.24) is 5.32 Å². The fraction of sp³-hybridized carbons (Fsp3) is 0.125. The molecule has 170 valence electrons. The third-order valence-corrected chi connectivity index (χ3v) is 6.46. The van der Waals surface area contributed by atoms with Crippen LogP contribution in [-0.4, -0.2) is 36.4 Å². The Morgan fingerprint density at radius 3 is 2.24 bits per heavy atom. The number of hydrogen-bond donors (Lipinski definition) is 2. The third kappa shape index (κ3) is 4.22. The van der Waals surface area contributed by atoms with Crippen molar-refractivity contribution in [2.75, 3.05) is 0 Å². The van der Waals surface area contributed by atoms with E-state index in [1.165, 1.54) is 12.1 Å². The van der Waals surface area contributed by atoms with E-state index in [0.29, 0.717) is 27.8 Å². The SMILES string of the molecule is N#C/C(C(=O)Cc1ccc(S(=O)(=O)O)cc1)=C1\C/C(=C2\C(=O)CC(=O)NC2=O)c2ccccc21. The van der Waals surface area contributed by atoms with Gasteiger partial charge in [0.05, 0.1) is 22.5 Å². The number of hydrogen-bond acceptors (Lipinski definition) is 7. The molecule has 0 atom stereocenters. The van der Waals surface area contributed by atoms with Crippen molar-refractivity contribution in [3.8, 4) is 6.07 Å². The van der Waals surface area contributed by atoms with E-state index in [0.717, 1.165) is 12.1 Å². The second-order valence-corrected chi connectivity index (χ2v) is 9.16. The fourth-order valence-electron chi connectivity index (χ4n) is 4.07. The lowest BCUT2D eigenvalue weighted by molar-refractivity contribution is -0.134. The first-order chi connectivity index (χ1) is 16.1. The van der Waals surface area contributed by atoms with Crippen LogP contribution >= 0.6 is 0 Å². The van der Waals surface area contributed by atoms with Crippen molar-refractivity contribution in [2.24, 2.45) is 0 Å². The Balaban J connectivity index is 1.75. The standard InChI is InChI=1S/C24H16N2O7S/c25-12-19(20(27)9-13-5-7-14(8-6-13)34(31,32)33)17-10-18(16-4-2-1-3-15(16)17)23-21(28)11-22(29)26-24(23)30/h1-8H,9-11H2,(H,26,29,30)(H,31,32,33)/b19-17-,23-18-. The van der Waals surface area contributed by atoms with E-state index in [-0.39, 0.29) is 28.9 Å². The van der Waals surface area contributed by atoms with Crippen LogP contribution in [0.4, 0.5) is 0 Å². The first-order valence-electron chi connectivity index (χ1n) is 10.0. The summed E-state index contributed by atoms with van der Waals surface area (Å²) in [5, 5.41) is 11.9. The van der Waals surface area contributed by atoms with Gasteiger partial charge in [0, 0.05) is 12.8 Å². The van der Waals surface area contributed by atoms with Crippen molar-refractivity contribution in [2.45, 2.75) is 24.2 Å². The number of benzene rings is 2. The quantitative estimate of drug-likeness (QED) is 0.169. The highest BCUT2D eigenvalue weighted by atomic mass is 32.2. The Bertz CT molecular complexity index is 1470. The molecule has 2 aliphatic rings. The molecular weight excluding hydrogens is 460 g/mol. The van der Waals surface area contributed by atoms with Gasteiger partial charge >= 0.3 is 0 Å². The molecule has 34 heavy (non-hydrogen) atoms. The van der Waals surface area contributed by atoms with Crippen molar-refractivity contribution >= 4 is 44.6 Å². The van der Waals surface area contributed by atoms with Crippen LogP contribution in [0.5, 0.6) is 0 Å². The van der Waals surface area contributed by atoms with Gasteiger partial charge in [0.1, 0.15) is 6.07 Å². The highest BCUT2D eigenvalue weighted by Gasteiger charge is 2.36. The Labute approximate surface area is 194 Å². The summed E-state index contributed by atoms with van der Waals surface area (Å²) in [5.41, 5.74) is 1.89. The van der Waals surface area contributed by atoms with Gasteiger partial charge in [-0.05, 0) is 40.0 Å². The maximum absolute atomic E-state index is 13.0. The minimum atomic E-state index is -4.38. The van der Waals surface area contributed by atoms with Crippen molar-refractivity contribution in [3.05, 3.63) is 76.4 Å². The number of nitrogens with zero attached hydrogens (tertiary/aromatic N) is 1. The number of Topliss-reactive ketones (excluding diaryl/α,β-unsaturated/α-hetero) is 2. The highest BCUT2D eigenvalue weighted by molar-refractivity contribution is 7.85. The first kappa shape index (κ1) is 23.0. The average molecular weight is 476 g/mol. The van der Waals surface area contributed by atoms with Crippen LogP contribution in [0.2, 0.25) is 0 Å². The number of ketones is 2. The van der Waals surface area contributed by atoms with E-state index in [2.05, 4.69) is 5.32 Å². The molecule has 2 aromatic carbocycles. The predicted molar refractivity (Wildman–Crippen MR) is 118 cm³/mol. The molecule has 1 heterocycles. The summed E-state index contributed by atoms with van der Waals surface area (Å²) in [5.74, 6) is -2.65. The predicted octanol–water partition coefficient (Wildman–Crippen LogP) is 1.80. The molecule has 4 rings (SSSR count). The van der Waals surface area contributed by atoms with Gasteiger partial charge in [0.2, 0.25) is 5.91 Å². The fourth-order valence-corrected chi connectivity index (χ4v) is 4.55. The number of imide groups is 1. The summed E-state index contributed by atoms with van der Waals surface area (Å²) >= 11 is 0. The summed E-state index contributed by atoms with van der Waals surface area (Å²) in [7, 11) is -4.38. The molecular formula is C24H16N2O7S. The van der Waals surface area contributed by atoms with Gasteiger partial charge < -0.3 is 0 Å². The maximum atomic E-state index is 13.0. The zero-order valence-electron chi connectivity index (χ0n) is 17.5. The van der Waals surface area contributed by atoms with Gasteiger partial charge in [-0.25, -0.2) is 0 Å². The summed E-state index contributed by atoms with van der Waals surface area (Å²) in [6.07, 6.45) is -0.687. The van der Waals surface area contributed by atoms with E-state index < -0.39 is 39.9 Å². The third-order valence-electron chi connectivity index (χ3n) is 5.59. The Kier molecular flexibility index (Phi) is 5.83. The molecule has 9 nitrogen and oxygen atoms in total. The van der Waals surface area contributed by atoms with Crippen LogP contribution in [0.15, 0.2) is 64.6 Å². The average Bonchev–Trinajstić information content (AvgIpc) is 3.12. The molecule has 1 aliphatic carbocycles. The minimum Gasteiger partial charge on any atom is -0.293 e. The molecule has 1 fully saturated rings. The Morgan fingerprint density at radius 2 is 1.65 bits per heavy atom. The molecule has 2 amide bonds. The number of amides is 2. The lowest BCUT2D eigenvalue weighted by Crippen LogP contribution is -2.41. The Hall–Kier alpha value is -4.20. The molecule has 10 heteroatoms. The molecule has 0 aromatic heterocycles. The van der Waals surface area contributed by atoms with Crippen molar-refractivity contribution in [1.29, 1.82) is 5.26 Å². The summed E-state index contributed by atoms with van der Waals surface area (Å²) in [4.78, 5) is 49.1. The Morgan fingerprint density at radius 1 is 1.00 bits per heavy atom. The number of carbonyl (C=O) groups excluding carboxylic acids is 4. The van der Waals surface area contributed by atoms with E-state index in [4.69, 9.17) is 4.55 Å². The molecule has 0 spiro atoms. The lowest BCUT2D eigenvalue weighted by atomic mass is 9.93. The molecule has 0 saturated carbocycles. The van der Waals surface area contributed by atoms with Crippen LogP contribution in [0.3, 0.4) is 0 Å². The first-order valence-corrected chi connectivity index (χ1v) is 11.5. The van der Waals surface area contributed by atoms with E-state index >= 15 is 0 Å². The van der Waals surface area contributed by atoms with Crippen LogP contribution in [0.1, 0.15) is 29.5 Å². The molecule has 1 saturated heterocycles. The van der Waals surface area contributed by atoms with E-state index in [1.54, 1.807) is 24.3 Å². The second-order valence-electron chi connectivity index (χ2n) is 7.74. The van der Waals surface area contributed by atoms with Gasteiger partial charge in [-0.3, -0.25) is 29.0 Å². The molecule has 0 unspecified atom stereocenters. The van der Waals surface area contributed by atoms with Crippen LogP contribution in [-0.2, 0) is 35.7 Å². The van der Waals surface area contributed by atoms with Crippen LogP contribution < -0.4 is 5.32 Å². The maximum Gasteiger partial charge on any atom is 0.294 e. The zero-order chi connectivity index (χ0) is 24.6. The molecule has 2 N–H and O–H groups in total. The number of nitriles is 1. The normalized spacial score (nSPS) is 19.4. The van der Waals surface area contributed by atoms with Gasteiger partial charge in [-0.15, -0.1) is 0 Å². The number of carbonyl (C=O) groups is 4. The number of piperidine rings is 1. The van der Waals surface area contributed by atoms with E-state index in [1.807, 2.05) is 6.07 Å². The smallest absolute Gasteiger partial charge is 0.293 e. The number of allylic oxidation sites excluding steroid dienone is 3. The zero-order valence-corrected chi connectivity index (χ0v) is 18.3. The lowest BCUT2D eigenvalue weighted by Gasteiger charge is -2.15. The topological polar surface area (TPSA) is 158 Å². The van der Waals surface area contributed by atoms with E-state index in [9.17, 15) is 32.9 Å². The highest BCUT2D eigenvalue weighted by Crippen LogP contribution is 2.44. The van der Waals surface area contributed by atoms with Crippen LogP contribution in [0, 0.1) is 11.3 Å². The van der Waals surface area contributed by atoms with Crippen molar-refractivity contribution in [3.63, 3.8) is 0 Å². The van der Waals surface area contributed by atoms with Crippen molar-refractivity contribution < 1.29 is 32.1 Å². The number of fused-ring (bicyclic) bond motifs is 1. The summed E-state index contributed by atoms with van der Waals surface area (Å²) < 4.78 is 31.5. The minimum absolute atomic E-state index is 0.0155. The van der Waals surface area contributed by atoms with Gasteiger partial charge in [0.15, 0.2) is 11.6 Å². The van der Waals surface area contributed by atoms with Gasteiger partial charge in [-0.1, -0.05) is 36.4 Å². The largest absolute Gasteiger partial charge is 0.294 e. The molecule has 0 bridgehead atoms. The number of rotatable bonds is 4. The second kappa shape index (κ2) is 8.62.